The smallest absolute Gasteiger partial charge is 0.230 e. The van der Waals surface area contributed by atoms with E-state index in [4.69, 9.17) is 14.2 Å². The Hall–Kier alpha value is -3.39. The van der Waals surface area contributed by atoms with E-state index in [-0.39, 0.29) is 17.9 Å². The maximum atomic E-state index is 13.3. The maximum Gasteiger partial charge on any atom is 0.230 e. The highest BCUT2D eigenvalue weighted by Crippen LogP contribution is 2.52. The minimum atomic E-state index is -0.708. The highest BCUT2D eigenvalue weighted by Gasteiger charge is 2.66. The van der Waals surface area contributed by atoms with Crippen molar-refractivity contribution in [3.05, 3.63) is 66.0 Å². The van der Waals surface area contributed by atoms with Gasteiger partial charge in [0.05, 0.1) is 38.7 Å². The van der Waals surface area contributed by atoms with E-state index in [1.807, 2.05) is 42.5 Å². The number of rotatable bonds is 8. The van der Waals surface area contributed by atoms with Gasteiger partial charge in [0.15, 0.2) is 11.5 Å². The van der Waals surface area contributed by atoms with Gasteiger partial charge in [-0.05, 0) is 41.8 Å². The number of carbonyl (C=O) groups excluding carboxylic acids is 2. The Balaban J connectivity index is 1.24. The van der Waals surface area contributed by atoms with Crippen LogP contribution < -0.4 is 14.8 Å². The molecule has 8 nitrogen and oxygen atoms in total. The summed E-state index contributed by atoms with van der Waals surface area (Å²) in [5.74, 6) is 0.138. The number of aromatic nitrogens is 1. The third-order valence-electron chi connectivity index (χ3n) is 6.77. The zero-order valence-corrected chi connectivity index (χ0v) is 18.7. The van der Waals surface area contributed by atoms with Gasteiger partial charge in [-0.1, -0.05) is 18.2 Å². The summed E-state index contributed by atoms with van der Waals surface area (Å²) in [5.41, 5.74) is 1.32. The number of pyridine rings is 1. The van der Waals surface area contributed by atoms with Crippen molar-refractivity contribution in [3.63, 3.8) is 0 Å². The standard InChI is InChI=1S/C25H27N3O5/c1-31-18-4-3-16(13-20(18)32-2)8-12-27-23(29)21-19-5-9-25(33-19)15-28(24(30)22(21)25)14-17-6-10-26-11-7-17/h3-7,9-11,13,19,21-22H,8,12,14-15H2,1-2H3,(H,27,29)/t19-,21+,22+,25-/m0/s1. The molecule has 0 saturated carbocycles. The molecule has 2 bridgehead atoms. The lowest BCUT2D eigenvalue weighted by molar-refractivity contribution is -0.137. The summed E-state index contributed by atoms with van der Waals surface area (Å²) in [4.78, 5) is 32.3. The fraction of sp³-hybridized carbons (Fsp3) is 0.400. The highest BCUT2D eigenvalue weighted by atomic mass is 16.5. The van der Waals surface area contributed by atoms with Gasteiger partial charge in [-0.25, -0.2) is 0 Å². The Labute approximate surface area is 192 Å². The van der Waals surface area contributed by atoms with Gasteiger partial charge < -0.3 is 24.4 Å². The highest BCUT2D eigenvalue weighted by molar-refractivity contribution is 5.93. The summed E-state index contributed by atoms with van der Waals surface area (Å²) in [7, 11) is 3.19. The van der Waals surface area contributed by atoms with Gasteiger partial charge in [0.2, 0.25) is 11.8 Å². The molecule has 1 spiro atoms. The summed E-state index contributed by atoms with van der Waals surface area (Å²) in [6.07, 6.45) is 7.61. The lowest BCUT2D eigenvalue weighted by atomic mass is 9.77. The molecule has 2 amide bonds. The lowest BCUT2D eigenvalue weighted by Gasteiger charge is -2.23. The van der Waals surface area contributed by atoms with E-state index < -0.39 is 17.4 Å². The van der Waals surface area contributed by atoms with Crippen molar-refractivity contribution in [2.24, 2.45) is 11.8 Å². The van der Waals surface area contributed by atoms with Gasteiger partial charge in [0.25, 0.3) is 0 Å². The number of fused-ring (bicyclic) bond motifs is 1. The molecule has 5 rings (SSSR count). The number of nitrogens with zero attached hydrogens (tertiary/aromatic N) is 2. The zero-order chi connectivity index (χ0) is 23.0. The molecule has 172 valence electrons. The third kappa shape index (κ3) is 3.74. The Bertz CT molecular complexity index is 1090. The van der Waals surface area contributed by atoms with Gasteiger partial charge in [0.1, 0.15) is 5.60 Å². The van der Waals surface area contributed by atoms with E-state index in [0.717, 1.165) is 11.1 Å². The van der Waals surface area contributed by atoms with Gasteiger partial charge in [0, 0.05) is 25.5 Å². The molecule has 1 aromatic carbocycles. The fourth-order valence-electron chi connectivity index (χ4n) is 5.20. The minimum absolute atomic E-state index is 0.0290. The lowest BCUT2D eigenvalue weighted by Crippen LogP contribution is -2.44. The van der Waals surface area contributed by atoms with Crippen LogP contribution in [0.25, 0.3) is 0 Å². The van der Waals surface area contributed by atoms with Crippen LogP contribution in [0, 0.1) is 11.8 Å². The molecular weight excluding hydrogens is 422 g/mol. The van der Waals surface area contributed by atoms with Gasteiger partial charge >= 0.3 is 0 Å². The average Bonchev–Trinajstić information content (AvgIpc) is 3.47. The normalized spacial score (nSPS) is 27.0. The number of methoxy groups -OCH3 is 2. The van der Waals surface area contributed by atoms with Crippen LogP contribution in [0.15, 0.2) is 54.9 Å². The second kappa shape index (κ2) is 8.51. The molecule has 4 heterocycles. The van der Waals surface area contributed by atoms with Crippen LogP contribution in [0.2, 0.25) is 0 Å². The van der Waals surface area contributed by atoms with Crippen LogP contribution in [-0.2, 0) is 27.3 Å². The number of amides is 2. The van der Waals surface area contributed by atoms with Crippen LogP contribution in [0.3, 0.4) is 0 Å². The molecule has 0 unspecified atom stereocenters. The second-order valence-corrected chi connectivity index (χ2v) is 8.68. The van der Waals surface area contributed by atoms with Gasteiger partial charge in [-0.3, -0.25) is 14.6 Å². The Morgan fingerprint density at radius 3 is 2.73 bits per heavy atom. The molecule has 0 aliphatic carbocycles. The zero-order valence-electron chi connectivity index (χ0n) is 18.7. The van der Waals surface area contributed by atoms with E-state index >= 15 is 0 Å². The van der Waals surface area contributed by atoms with Crippen LogP contribution in [0.4, 0.5) is 0 Å². The predicted molar refractivity (Wildman–Crippen MR) is 120 cm³/mol. The summed E-state index contributed by atoms with van der Waals surface area (Å²) >= 11 is 0. The first-order chi connectivity index (χ1) is 16.0. The summed E-state index contributed by atoms with van der Waals surface area (Å²) in [6.45, 7) is 1.40. The van der Waals surface area contributed by atoms with Crippen molar-refractivity contribution in [2.45, 2.75) is 24.7 Å². The SMILES string of the molecule is COc1ccc(CCNC(=O)[C@@H]2[C@@H]3C=C[C@@]4(CN(Cc5ccncc5)C(=O)[C@@H]24)O3)cc1OC. The molecule has 33 heavy (non-hydrogen) atoms. The first-order valence-electron chi connectivity index (χ1n) is 11.1. The molecule has 2 fully saturated rings. The van der Waals surface area contributed by atoms with Gasteiger partial charge in [-0.2, -0.15) is 0 Å². The van der Waals surface area contributed by atoms with Crippen LogP contribution in [0.5, 0.6) is 11.5 Å². The molecule has 3 aliphatic heterocycles. The van der Waals surface area contributed by atoms with E-state index in [0.29, 0.717) is 37.6 Å². The van der Waals surface area contributed by atoms with Crippen molar-refractivity contribution in [1.29, 1.82) is 0 Å². The molecule has 3 aliphatic rings. The van der Waals surface area contributed by atoms with Crippen LogP contribution in [-0.4, -0.2) is 60.7 Å². The fourth-order valence-corrected chi connectivity index (χ4v) is 5.20. The monoisotopic (exact) mass is 449 g/mol. The Kier molecular flexibility index (Phi) is 5.54. The van der Waals surface area contributed by atoms with Crippen LogP contribution in [0.1, 0.15) is 11.1 Å². The van der Waals surface area contributed by atoms with E-state index in [1.165, 1.54) is 0 Å². The molecular formula is C25H27N3O5. The number of ether oxygens (including phenoxy) is 3. The molecule has 1 N–H and O–H groups in total. The number of hydrogen-bond donors (Lipinski definition) is 1. The van der Waals surface area contributed by atoms with Crippen molar-refractivity contribution in [1.82, 2.24) is 15.2 Å². The summed E-state index contributed by atoms with van der Waals surface area (Å²) in [5, 5.41) is 3.01. The summed E-state index contributed by atoms with van der Waals surface area (Å²) < 4.78 is 16.8. The van der Waals surface area contributed by atoms with Crippen LogP contribution >= 0.6 is 0 Å². The first kappa shape index (κ1) is 21.5. The largest absolute Gasteiger partial charge is 0.493 e. The minimum Gasteiger partial charge on any atom is -0.493 e. The third-order valence-corrected chi connectivity index (χ3v) is 6.77. The molecule has 2 saturated heterocycles. The van der Waals surface area contributed by atoms with Crippen molar-refractivity contribution >= 4 is 11.8 Å². The van der Waals surface area contributed by atoms with Gasteiger partial charge in [-0.15, -0.1) is 0 Å². The molecule has 1 aromatic heterocycles. The molecule has 0 radical (unpaired) electrons. The molecule has 8 heteroatoms. The molecule has 2 aromatic rings. The first-order valence-corrected chi connectivity index (χ1v) is 11.1. The number of nitrogens with one attached hydrogen (secondary N) is 1. The predicted octanol–water partition coefficient (Wildman–Crippen LogP) is 1.74. The maximum absolute atomic E-state index is 13.3. The van der Waals surface area contributed by atoms with Crippen molar-refractivity contribution < 1.29 is 23.8 Å². The topological polar surface area (TPSA) is 90.0 Å². The summed E-state index contributed by atoms with van der Waals surface area (Å²) in [6, 6.07) is 9.49. The number of benzene rings is 1. The second-order valence-electron chi connectivity index (χ2n) is 8.68. The average molecular weight is 450 g/mol. The molecule has 4 atom stereocenters. The van der Waals surface area contributed by atoms with E-state index in [2.05, 4.69) is 10.3 Å². The van der Waals surface area contributed by atoms with E-state index in [1.54, 1.807) is 31.5 Å². The quantitative estimate of drug-likeness (QED) is 0.618. The number of hydrogen-bond acceptors (Lipinski definition) is 6. The van der Waals surface area contributed by atoms with Crippen molar-refractivity contribution in [3.8, 4) is 11.5 Å². The number of likely N-dealkylation sites (tertiary alicyclic amines) is 1. The van der Waals surface area contributed by atoms with Crippen molar-refractivity contribution in [2.75, 3.05) is 27.3 Å². The Morgan fingerprint density at radius 1 is 1.18 bits per heavy atom. The number of carbonyl (C=O) groups is 2. The Morgan fingerprint density at radius 2 is 1.97 bits per heavy atom. The van der Waals surface area contributed by atoms with E-state index in [9.17, 15) is 9.59 Å².